The van der Waals surface area contributed by atoms with Gasteiger partial charge >= 0.3 is 0 Å². The molecule has 4 rings (SSSR count). The van der Waals surface area contributed by atoms with Gasteiger partial charge in [0.2, 0.25) is 0 Å². The Kier molecular flexibility index (Phi) is 6.29. The molecule has 2 aromatic carbocycles. The second-order valence-corrected chi connectivity index (χ2v) is 8.56. The van der Waals surface area contributed by atoms with Crippen LogP contribution in [-0.2, 0) is 0 Å². The third kappa shape index (κ3) is 4.47. The van der Waals surface area contributed by atoms with E-state index in [1.54, 1.807) is 53.4 Å². The molecule has 2 saturated heterocycles. The van der Waals surface area contributed by atoms with Crippen LogP contribution in [0.4, 0.5) is 0 Å². The van der Waals surface area contributed by atoms with Crippen LogP contribution in [0.1, 0.15) is 20.7 Å². The SMILES string of the molecule is O=C(c1ccc(Cl)cc1)N1CCN(C2CN(C(=O)c3ccc(Cl)cc3)CC2O)CC1. The number of benzene rings is 2. The van der Waals surface area contributed by atoms with Crippen molar-refractivity contribution in [2.24, 2.45) is 0 Å². The van der Waals surface area contributed by atoms with Crippen molar-refractivity contribution in [2.45, 2.75) is 12.1 Å². The Morgan fingerprint density at radius 1 is 0.733 bits per heavy atom. The summed E-state index contributed by atoms with van der Waals surface area (Å²) in [7, 11) is 0. The number of piperazine rings is 1. The molecule has 2 heterocycles. The van der Waals surface area contributed by atoms with Gasteiger partial charge in [-0.2, -0.15) is 0 Å². The largest absolute Gasteiger partial charge is 0.390 e. The molecule has 30 heavy (non-hydrogen) atoms. The van der Waals surface area contributed by atoms with Gasteiger partial charge in [0.1, 0.15) is 0 Å². The molecule has 2 aliphatic rings. The number of nitrogens with zero attached hydrogens (tertiary/aromatic N) is 3. The monoisotopic (exact) mass is 447 g/mol. The lowest BCUT2D eigenvalue weighted by Crippen LogP contribution is -2.54. The fourth-order valence-electron chi connectivity index (χ4n) is 4.10. The molecular formula is C22H23Cl2N3O3. The molecule has 2 amide bonds. The Hall–Kier alpha value is -2.12. The number of hydrogen-bond acceptors (Lipinski definition) is 4. The van der Waals surface area contributed by atoms with Crippen molar-refractivity contribution < 1.29 is 14.7 Å². The van der Waals surface area contributed by atoms with E-state index < -0.39 is 6.10 Å². The molecule has 6 nitrogen and oxygen atoms in total. The third-order valence-electron chi connectivity index (χ3n) is 5.80. The lowest BCUT2D eigenvalue weighted by molar-refractivity contribution is 0.0376. The summed E-state index contributed by atoms with van der Waals surface area (Å²) in [5.41, 5.74) is 1.18. The molecule has 158 valence electrons. The molecule has 2 unspecified atom stereocenters. The number of halogens is 2. The molecule has 0 saturated carbocycles. The highest BCUT2D eigenvalue weighted by Crippen LogP contribution is 2.22. The molecule has 2 aromatic rings. The molecule has 1 N–H and O–H groups in total. The minimum Gasteiger partial charge on any atom is -0.390 e. The quantitative estimate of drug-likeness (QED) is 0.785. The van der Waals surface area contributed by atoms with Gasteiger partial charge in [-0.15, -0.1) is 0 Å². The van der Waals surface area contributed by atoms with Gasteiger partial charge in [-0.05, 0) is 48.5 Å². The number of carbonyl (C=O) groups is 2. The van der Waals surface area contributed by atoms with Crippen LogP contribution in [0.2, 0.25) is 10.0 Å². The first-order chi connectivity index (χ1) is 14.4. The van der Waals surface area contributed by atoms with Gasteiger partial charge in [-0.1, -0.05) is 23.2 Å². The predicted octanol–water partition coefficient (Wildman–Crippen LogP) is 2.64. The van der Waals surface area contributed by atoms with Crippen LogP contribution in [0.3, 0.4) is 0 Å². The number of hydrogen-bond donors (Lipinski definition) is 1. The van der Waals surface area contributed by atoms with Gasteiger partial charge < -0.3 is 14.9 Å². The highest BCUT2D eigenvalue weighted by Gasteiger charge is 2.39. The summed E-state index contributed by atoms with van der Waals surface area (Å²) < 4.78 is 0. The Labute approximate surface area is 185 Å². The standard InChI is InChI=1S/C22H23Cl2N3O3/c23-17-5-1-15(2-6-17)21(29)26-11-9-25(10-12-26)19-13-27(14-20(19)28)22(30)16-3-7-18(24)8-4-16/h1-8,19-20,28H,9-14H2. The maximum atomic E-state index is 12.7. The number of carbonyl (C=O) groups excluding carboxylic acids is 2. The lowest BCUT2D eigenvalue weighted by atomic mass is 10.1. The van der Waals surface area contributed by atoms with Crippen LogP contribution in [0.25, 0.3) is 0 Å². The Bertz CT molecular complexity index is 912. The molecule has 2 atom stereocenters. The summed E-state index contributed by atoms with van der Waals surface area (Å²) in [6, 6.07) is 13.5. The van der Waals surface area contributed by atoms with E-state index in [-0.39, 0.29) is 17.9 Å². The van der Waals surface area contributed by atoms with E-state index in [2.05, 4.69) is 4.90 Å². The molecule has 2 fully saturated rings. The van der Waals surface area contributed by atoms with Gasteiger partial charge in [0.05, 0.1) is 12.1 Å². The topological polar surface area (TPSA) is 64.1 Å². The van der Waals surface area contributed by atoms with Crippen molar-refractivity contribution in [1.29, 1.82) is 0 Å². The van der Waals surface area contributed by atoms with E-state index in [1.807, 2.05) is 4.90 Å². The average Bonchev–Trinajstić information content (AvgIpc) is 3.15. The highest BCUT2D eigenvalue weighted by molar-refractivity contribution is 6.31. The first-order valence-electron chi connectivity index (χ1n) is 9.94. The summed E-state index contributed by atoms with van der Waals surface area (Å²) in [5.74, 6) is -0.123. The van der Waals surface area contributed by atoms with Crippen LogP contribution in [0.15, 0.2) is 48.5 Å². The zero-order valence-electron chi connectivity index (χ0n) is 16.4. The number of likely N-dealkylation sites (tertiary alicyclic amines) is 1. The number of rotatable bonds is 3. The maximum Gasteiger partial charge on any atom is 0.253 e. The molecule has 0 aliphatic carbocycles. The molecule has 8 heteroatoms. The van der Waals surface area contributed by atoms with Crippen molar-refractivity contribution >= 4 is 35.0 Å². The zero-order valence-corrected chi connectivity index (χ0v) is 17.9. The summed E-state index contributed by atoms with van der Waals surface area (Å²) in [5, 5.41) is 11.8. The van der Waals surface area contributed by atoms with Crippen LogP contribution >= 0.6 is 23.2 Å². The van der Waals surface area contributed by atoms with Crippen molar-refractivity contribution in [3.63, 3.8) is 0 Å². The van der Waals surface area contributed by atoms with Crippen molar-refractivity contribution in [3.8, 4) is 0 Å². The molecule has 2 aliphatic heterocycles. The normalized spacial score (nSPS) is 22.4. The summed E-state index contributed by atoms with van der Waals surface area (Å²) in [6.07, 6.45) is -0.611. The first-order valence-corrected chi connectivity index (χ1v) is 10.7. The summed E-state index contributed by atoms with van der Waals surface area (Å²) in [4.78, 5) is 31.1. The van der Waals surface area contributed by atoms with E-state index in [4.69, 9.17) is 23.2 Å². The van der Waals surface area contributed by atoms with E-state index in [9.17, 15) is 14.7 Å². The van der Waals surface area contributed by atoms with Crippen molar-refractivity contribution in [3.05, 3.63) is 69.7 Å². The lowest BCUT2D eigenvalue weighted by Gasteiger charge is -2.38. The van der Waals surface area contributed by atoms with Gasteiger partial charge in [0.15, 0.2) is 0 Å². The second-order valence-electron chi connectivity index (χ2n) is 7.69. The fourth-order valence-corrected chi connectivity index (χ4v) is 4.35. The average molecular weight is 448 g/mol. The van der Waals surface area contributed by atoms with E-state index in [0.717, 1.165) is 0 Å². The smallest absolute Gasteiger partial charge is 0.253 e. The molecule has 0 radical (unpaired) electrons. The summed E-state index contributed by atoms with van der Waals surface area (Å²) in [6.45, 7) is 3.24. The maximum absolute atomic E-state index is 12.7. The number of aliphatic hydroxyl groups excluding tert-OH is 1. The highest BCUT2D eigenvalue weighted by atomic mass is 35.5. The predicted molar refractivity (Wildman–Crippen MR) is 116 cm³/mol. The minimum absolute atomic E-state index is 0.0159. The number of aliphatic hydroxyl groups is 1. The number of β-amino-alcohol motifs (C(OH)–C–C–N with tert-alkyl or cyclic N) is 1. The number of amides is 2. The first kappa shape index (κ1) is 21.1. The Balaban J connectivity index is 1.34. The van der Waals surface area contributed by atoms with E-state index in [0.29, 0.717) is 60.4 Å². The fraction of sp³-hybridized carbons (Fsp3) is 0.364. The Morgan fingerprint density at radius 3 is 1.70 bits per heavy atom. The van der Waals surface area contributed by atoms with Crippen LogP contribution in [-0.4, -0.2) is 83.0 Å². The Morgan fingerprint density at radius 2 is 1.20 bits per heavy atom. The van der Waals surface area contributed by atoms with Gasteiger partial charge in [-0.25, -0.2) is 0 Å². The van der Waals surface area contributed by atoms with Crippen LogP contribution in [0.5, 0.6) is 0 Å². The van der Waals surface area contributed by atoms with E-state index >= 15 is 0 Å². The van der Waals surface area contributed by atoms with Gasteiger partial charge in [-0.3, -0.25) is 14.5 Å². The third-order valence-corrected chi connectivity index (χ3v) is 6.30. The van der Waals surface area contributed by atoms with Crippen molar-refractivity contribution in [2.75, 3.05) is 39.3 Å². The zero-order chi connectivity index (χ0) is 21.3. The van der Waals surface area contributed by atoms with Gasteiger partial charge in [0.25, 0.3) is 11.8 Å². The second kappa shape index (κ2) is 8.94. The minimum atomic E-state index is -0.611. The molecule has 0 aromatic heterocycles. The van der Waals surface area contributed by atoms with E-state index in [1.165, 1.54) is 0 Å². The van der Waals surface area contributed by atoms with Crippen molar-refractivity contribution in [1.82, 2.24) is 14.7 Å². The molecule has 0 bridgehead atoms. The summed E-state index contributed by atoms with van der Waals surface area (Å²) >= 11 is 11.8. The van der Waals surface area contributed by atoms with Crippen LogP contribution in [0, 0.1) is 0 Å². The molecule has 0 spiro atoms. The molecular weight excluding hydrogens is 425 g/mol. The van der Waals surface area contributed by atoms with Crippen LogP contribution < -0.4 is 0 Å². The van der Waals surface area contributed by atoms with Gasteiger partial charge in [0, 0.05) is 60.4 Å².